The average molecular weight is 277 g/mol. The third-order valence-corrected chi connectivity index (χ3v) is 3.24. The SMILES string of the molecule is CCNCc1cn(-c2ccc(Cl)cc2)c(C)cc1=O. The summed E-state index contributed by atoms with van der Waals surface area (Å²) in [4.78, 5) is 11.9. The van der Waals surface area contributed by atoms with Gasteiger partial charge in [0.05, 0.1) is 0 Å². The molecule has 0 aliphatic heterocycles. The number of aryl methyl sites for hydroxylation is 1. The lowest BCUT2D eigenvalue weighted by molar-refractivity contribution is 0.716. The highest BCUT2D eigenvalue weighted by Crippen LogP contribution is 2.15. The van der Waals surface area contributed by atoms with Gasteiger partial charge in [-0.3, -0.25) is 4.79 Å². The van der Waals surface area contributed by atoms with Crippen LogP contribution in [0.15, 0.2) is 41.3 Å². The van der Waals surface area contributed by atoms with Crippen LogP contribution in [0.3, 0.4) is 0 Å². The molecule has 1 N–H and O–H groups in total. The number of halogens is 1. The Morgan fingerprint density at radius 1 is 1.26 bits per heavy atom. The molecule has 3 nitrogen and oxygen atoms in total. The van der Waals surface area contributed by atoms with Gasteiger partial charge < -0.3 is 9.88 Å². The highest BCUT2D eigenvalue weighted by atomic mass is 35.5. The second kappa shape index (κ2) is 6.04. The zero-order chi connectivity index (χ0) is 13.8. The number of benzene rings is 1. The summed E-state index contributed by atoms with van der Waals surface area (Å²) in [7, 11) is 0. The maximum Gasteiger partial charge on any atom is 0.186 e. The summed E-state index contributed by atoms with van der Waals surface area (Å²) < 4.78 is 2.00. The van der Waals surface area contributed by atoms with E-state index in [-0.39, 0.29) is 5.43 Å². The number of nitrogens with zero attached hydrogens (tertiary/aromatic N) is 1. The summed E-state index contributed by atoms with van der Waals surface area (Å²) in [6, 6.07) is 9.24. The lowest BCUT2D eigenvalue weighted by Crippen LogP contribution is -2.21. The van der Waals surface area contributed by atoms with Crippen molar-refractivity contribution >= 4 is 11.6 Å². The molecule has 19 heavy (non-hydrogen) atoms. The Kier molecular flexibility index (Phi) is 4.40. The van der Waals surface area contributed by atoms with Crippen LogP contribution in [0.1, 0.15) is 18.2 Å². The van der Waals surface area contributed by atoms with Crippen LogP contribution >= 0.6 is 11.6 Å². The van der Waals surface area contributed by atoms with Crippen LogP contribution in [0.5, 0.6) is 0 Å². The number of rotatable bonds is 4. The molecule has 0 radical (unpaired) electrons. The molecule has 0 saturated heterocycles. The van der Waals surface area contributed by atoms with Gasteiger partial charge in [-0.15, -0.1) is 0 Å². The summed E-state index contributed by atoms with van der Waals surface area (Å²) in [5.41, 5.74) is 2.75. The van der Waals surface area contributed by atoms with E-state index in [0.717, 1.165) is 23.5 Å². The Hall–Kier alpha value is -1.58. The molecule has 0 fully saturated rings. The molecule has 0 aliphatic rings. The largest absolute Gasteiger partial charge is 0.321 e. The van der Waals surface area contributed by atoms with Crippen LogP contribution in [-0.4, -0.2) is 11.1 Å². The second-order valence-corrected chi connectivity index (χ2v) is 4.87. The quantitative estimate of drug-likeness (QED) is 0.932. The Morgan fingerprint density at radius 2 is 1.95 bits per heavy atom. The fraction of sp³-hybridized carbons (Fsp3) is 0.267. The highest BCUT2D eigenvalue weighted by Gasteiger charge is 2.05. The van der Waals surface area contributed by atoms with Gasteiger partial charge in [0.25, 0.3) is 0 Å². The van der Waals surface area contributed by atoms with E-state index in [1.807, 2.05) is 48.9 Å². The van der Waals surface area contributed by atoms with Gasteiger partial charge in [-0.05, 0) is 37.7 Å². The number of hydrogen-bond donors (Lipinski definition) is 1. The van der Waals surface area contributed by atoms with Crippen molar-refractivity contribution in [2.75, 3.05) is 6.54 Å². The smallest absolute Gasteiger partial charge is 0.186 e. The van der Waals surface area contributed by atoms with Gasteiger partial charge in [0.1, 0.15) is 0 Å². The molecule has 1 heterocycles. The fourth-order valence-corrected chi connectivity index (χ4v) is 2.07. The molecule has 100 valence electrons. The van der Waals surface area contributed by atoms with E-state index in [1.54, 1.807) is 6.07 Å². The molecule has 0 bridgehead atoms. The molecule has 2 rings (SSSR count). The van der Waals surface area contributed by atoms with Gasteiger partial charge >= 0.3 is 0 Å². The number of pyridine rings is 1. The van der Waals surface area contributed by atoms with Crippen LogP contribution in [0.4, 0.5) is 0 Å². The standard InChI is InChI=1S/C15H17ClN2O/c1-3-17-9-12-10-18(11(2)8-15(12)19)14-6-4-13(16)5-7-14/h4-8,10,17H,3,9H2,1-2H3. The van der Waals surface area contributed by atoms with Crippen LogP contribution in [0, 0.1) is 6.92 Å². The van der Waals surface area contributed by atoms with E-state index in [0.29, 0.717) is 11.6 Å². The zero-order valence-electron chi connectivity index (χ0n) is 11.1. The lowest BCUT2D eigenvalue weighted by Gasteiger charge is -2.13. The molecule has 0 spiro atoms. The van der Waals surface area contributed by atoms with E-state index < -0.39 is 0 Å². The predicted molar refractivity (Wildman–Crippen MR) is 79.2 cm³/mol. The van der Waals surface area contributed by atoms with Crippen molar-refractivity contribution in [1.82, 2.24) is 9.88 Å². The maximum atomic E-state index is 11.9. The van der Waals surface area contributed by atoms with E-state index in [2.05, 4.69) is 5.32 Å². The van der Waals surface area contributed by atoms with Crippen molar-refractivity contribution in [3.63, 3.8) is 0 Å². The molecule has 0 aliphatic carbocycles. The average Bonchev–Trinajstić information content (AvgIpc) is 2.39. The molecule has 0 atom stereocenters. The van der Waals surface area contributed by atoms with Crippen LogP contribution in [-0.2, 0) is 6.54 Å². The van der Waals surface area contributed by atoms with E-state index in [4.69, 9.17) is 11.6 Å². The topological polar surface area (TPSA) is 34.0 Å². The molecule has 2 aromatic rings. The normalized spacial score (nSPS) is 10.7. The number of aromatic nitrogens is 1. The first-order chi connectivity index (χ1) is 9.11. The molecule has 0 unspecified atom stereocenters. The molecule has 4 heteroatoms. The zero-order valence-corrected chi connectivity index (χ0v) is 11.9. The molecule has 0 amide bonds. The van der Waals surface area contributed by atoms with Crippen molar-refractivity contribution in [2.24, 2.45) is 0 Å². The summed E-state index contributed by atoms with van der Waals surface area (Å²) in [6.07, 6.45) is 1.89. The highest BCUT2D eigenvalue weighted by molar-refractivity contribution is 6.30. The summed E-state index contributed by atoms with van der Waals surface area (Å²) in [5, 5.41) is 3.88. The molecular formula is C15H17ClN2O. The summed E-state index contributed by atoms with van der Waals surface area (Å²) in [6.45, 7) is 5.37. The number of hydrogen-bond acceptors (Lipinski definition) is 2. The van der Waals surface area contributed by atoms with Crippen molar-refractivity contribution in [1.29, 1.82) is 0 Å². The van der Waals surface area contributed by atoms with Crippen molar-refractivity contribution in [3.8, 4) is 5.69 Å². The van der Waals surface area contributed by atoms with Crippen LogP contribution in [0.25, 0.3) is 5.69 Å². The molecular weight excluding hydrogens is 260 g/mol. The third-order valence-electron chi connectivity index (χ3n) is 2.99. The first kappa shape index (κ1) is 13.8. The second-order valence-electron chi connectivity index (χ2n) is 4.43. The third kappa shape index (κ3) is 3.25. The Labute approximate surface area is 117 Å². The minimum Gasteiger partial charge on any atom is -0.321 e. The van der Waals surface area contributed by atoms with E-state index >= 15 is 0 Å². The Morgan fingerprint density at radius 3 is 2.58 bits per heavy atom. The summed E-state index contributed by atoms with van der Waals surface area (Å²) in [5.74, 6) is 0. The minimum atomic E-state index is 0.0728. The van der Waals surface area contributed by atoms with Gasteiger partial charge in [0, 0.05) is 40.8 Å². The Balaban J connectivity index is 2.45. The van der Waals surface area contributed by atoms with Crippen LogP contribution < -0.4 is 10.7 Å². The van der Waals surface area contributed by atoms with Crippen molar-refractivity contribution in [2.45, 2.75) is 20.4 Å². The predicted octanol–water partition coefficient (Wildman–Crippen LogP) is 2.91. The maximum absolute atomic E-state index is 11.9. The first-order valence-electron chi connectivity index (χ1n) is 6.30. The van der Waals surface area contributed by atoms with Gasteiger partial charge in [-0.2, -0.15) is 0 Å². The van der Waals surface area contributed by atoms with Gasteiger partial charge in [0.2, 0.25) is 0 Å². The molecule has 0 saturated carbocycles. The van der Waals surface area contributed by atoms with Crippen molar-refractivity contribution < 1.29 is 0 Å². The first-order valence-corrected chi connectivity index (χ1v) is 6.68. The minimum absolute atomic E-state index is 0.0728. The molecule has 1 aromatic heterocycles. The van der Waals surface area contributed by atoms with E-state index in [9.17, 15) is 4.79 Å². The summed E-state index contributed by atoms with van der Waals surface area (Å²) >= 11 is 5.89. The van der Waals surface area contributed by atoms with Gasteiger partial charge in [-0.25, -0.2) is 0 Å². The molecule has 1 aromatic carbocycles. The fourth-order valence-electron chi connectivity index (χ4n) is 1.95. The lowest BCUT2D eigenvalue weighted by atomic mass is 10.2. The monoisotopic (exact) mass is 276 g/mol. The van der Waals surface area contributed by atoms with Gasteiger partial charge in [0.15, 0.2) is 5.43 Å². The van der Waals surface area contributed by atoms with Crippen LogP contribution in [0.2, 0.25) is 5.02 Å². The van der Waals surface area contributed by atoms with Gasteiger partial charge in [-0.1, -0.05) is 18.5 Å². The van der Waals surface area contributed by atoms with E-state index in [1.165, 1.54) is 0 Å². The van der Waals surface area contributed by atoms with Crippen molar-refractivity contribution in [3.05, 3.63) is 63.0 Å². The number of nitrogens with one attached hydrogen (secondary N) is 1. The Bertz CT molecular complexity index is 617.